The van der Waals surface area contributed by atoms with Crippen molar-refractivity contribution in [3.05, 3.63) is 0 Å². The smallest absolute Gasteiger partial charge is 0.317 e. The number of nitrogens with one attached hydrogen (secondary N) is 1. The van der Waals surface area contributed by atoms with Gasteiger partial charge in [-0.15, -0.1) is 0 Å². The lowest BCUT2D eigenvalue weighted by Crippen LogP contribution is -2.44. The number of hydrogen-bond donors (Lipinski definition) is 2. The van der Waals surface area contributed by atoms with Crippen LogP contribution in [0.1, 0.15) is 33.6 Å². The van der Waals surface area contributed by atoms with E-state index in [0.29, 0.717) is 18.4 Å². The van der Waals surface area contributed by atoms with Crippen molar-refractivity contribution in [3.63, 3.8) is 0 Å². The van der Waals surface area contributed by atoms with Gasteiger partial charge in [-0.25, -0.2) is 4.79 Å². The molecule has 0 spiro atoms. The van der Waals surface area contributed by atoms with Crippen LogP contribution in [0, 0.1) is 17.8 Å². The van der Waals surface area contributed by atoms with Crippen LogP contribution in [-0.4, -0.2) is 54.9 Å². The Bertz CT molecular complexity index is 360. The third-order valence-electron chi connectivity index (χ3n) is 4.03. The molecule has 1 aliphatic heterocycles. The standard InChI is InChI=1S/C15H28N2O4/c1-10(2)13-7-12(5-6-21-13)8-16-15(20)17(4)9-11(3)14(18)19/h10-13H,5-9H2,1-4H3,(H,16,20)(H,18,19). The summed E-state index contributed by atoms with van der Waals surface area (Å²) in [7, 11) is 1.62. The molecule has 0 aromatic rings. The molecule has 6 nitrogen and oxygen atoms in total. The quantitative estimate of drug-likeness (QED) is 0.784. The van der Waals surface area contributed by atoms with Crippen LogP contribution in [0.15, 0.2) is 0 Å². The van der Waals surface area contributed by atoms with Gasteiger partial charge in [0.2, 0.25) is 0 Å². The Labute approximate surface area is 126 Å². The topological polar surface area (TPSA) is 78.9 Å². The number of rotatable bonds is 6. The van der Waals surface area contributed by atoms with Gasteiger partial charge in [0.15, 0.2) is 0 Å². The largest absolute Gasteiger partial charge is 0.481 e. The molecule has 1 saturated heterocycles. The van der Waals surface area contributed by atoms with Gasteiger partial charge in [-0.2, -0.15) is 0 Å². The number of nitrogens with zero attached hydrogens (tertiary/aromatic N) is 1. The summed E-state index contributed by atoms with van der Waals surface area (Å²) in [4.78, 5) is 24.2. The molecule has 0 aliphatic carbocycles. The summed E-state index contributed by atoms with van der Waals surface area (Å²) in [6.07, 6.45) is 2.19. The van der Waals surface area contributed by atoms with Crippen LogP contribution in [0.4, 0.5) is 4.79 Å². The molecule has 2 amide bonds. The number of carbonyl (C=O) groups is 2. The number of carboxylic acid groups (broad SMARTS) is 1. The normalized spacial score (nSPS) is 23.7. The Balaban J connectivity index is 2.33. The Hall–Kier alpha value is -1.30. The predicted octanol–water partition coefficient (Wildman–Crippen LogP) is 1.80. The summed E-state index contributed by atoms with van der Waals surface area (Å²) >= 11 is 0. The molecule has 21 heavy (non-hydrogen) atoms. The lowest BCUT2D eigenvalue weighted by atomic mass is 9.90. The van der Waals surface area contributed by atoms with E-state index in [4.69, 9.17) is 9.84 Å². The molecular weight excluding hydrogens is 272 g/mol. The maximum atomic E-state index is 11.9. The molecule has 0 radical (unpaired) electrons. The van der Waals surface area contributed by atoms with Crippen molar-refractivity contribution in [3.8, 4) is 0 Å². The molecule has 0 saturated carbocycles. The van der Waals surface area contributed by atoms with E-state index < -0.39 is 11.9 Å². The molecule has 3 atom stereocenters. The first-order chi connectivity index (χ1) is 9.81. The fourth-order valence-corrected chi connectivity index (χ4v) is 2.49. The fraction of sp³-hybridized carbons (Fsp3) is 0.867. The van der Waals surface area contributed by atoms with Crippen molar-refractivity contribution in [2.45, 2.75) is 39.7 Å². The Morgan fingerprint density at radius 3 is 2.62 bits per heavy atom. The lowest BCUT2D eigenvalue weighted by molar-refractivity contribution is -0.141. The minimum Gasteiger partial charge on any atom is -0.481 e. The zero-order chi connectivity index (χ0) is 16.0. The van der Waals surface area contributed by atoms with Gasteiger partial charge in [0, 0.05) is 26.7 Å². The summed E-state index contributed by atoms with van der Waals surface area (Å²) in [5.74, 6) is -0.531. The molecule has 6 heteroatoms. The van der Waals surface area contributed by atoms with Crippen LogP contribution in [0.2, 0.25) is 0 Å². The highest BCUT2D eigenvalue weighted by Crippen LogP contribution is 2.24. The highest BCUT2D eigenvalue weighted by atomic mass is 16.5. The van der Waals surface area contributed by atoms with Crippen molar-refractivity contribution in [1.29, 1.82) is 0 Å². The molecule has 1 aliphatic rings. The van der Waals surface area contributed by atoms with E-state index in [-0.39, 0.29) is 18.7 Å². The fourth-order valence-electron chi connectivity index (χ4n) is 2.49. The Morgan fingerprint density at radius 2 is 2.05 bits per heavy atom. The third-order valence-corrected chi connectivity index (χ3v) is 4.03. The van der Waals surface area contributed by atoms with Crippen molar-refractivity contribution in [2.75, 3.05) is 26.7 Å². The lowest BCUT2D eigenvalue weighted by Gasteiger charge is -2.32. The first-order valence-electron chi connectivity index (χ1n) is 7.64. The van der Waals surface area contributed by atoms with E-state index in [1.807, 2.05) is 0 Å². The number of ether oxygens (including phenoxy) is 1. The Morgan fingerprint density at radius 1 is 1.38 bits per heavy atom. The summed E-state index contributed by atoms with van der Waals surface area (Å²) in [5, 5.41) is 11.7. The highest BCUT2D eigenvalue weighted by Gasteiger charge is 2.25. The van der Waals surface area contributed by atoms with Crippen molar-refractivity contribution < 1.29 is 19.4 Å². The second-order valence-corrected chi connectivity index (χ2v) is 6.35. The molecule has 0 aromatic carbocycles. The minimum absolute atomic E-state index is 0.212. The van der Waals surface area contributed by atoms with E-state index in [1.165, 1.54) is 4.90 Å². The van der Waals surface area contributed by atoms with Crippen molar-refractivity contribution in [2.24, 2.45) is 17.8 Å². The number of carbonyl (C=O) groups excluding carboxylic acids is 1. The van der Waals surface area contributed by atoms with E-state index >= 15 is 0 Å². The molecule has 1 rings (SSSR count). The average molecular weight is 300 g/mol. The molecule has 2 N–H and O–H groups in total. The van der Waals surface area contributed by atoms with Crippen LogP contribution in [0.3, 0.4) is 0 Å². The third kappa shape index (κ3) is 5.91. The second-order valence-electron chi connectivity index (χ2n) is 6.35. The van der Waals surface area contributed by atoms with E-state index in [2.05, 4.69) is 19.2 Å². The van der Waals surface area contributed by atoms with Gasteiger partial charge in [0.05, 0.1) is 12.0 Å². The number of amides is 2. The van der Waals surface area contributed by atoms with Crippen LogP contribution in [0.25, 0.3) is 0 Å². The number of aliphatic carboxylic acids is 1. The van der Waals surface area contributed by atoms with Gasteiger partial charge < -0.3 is 20.1 Å². The number of hydrogen-bond acceptors (Lipinski definition) is 3. The second kappa shape index (κ2) is 8.22. The van der Waals surface area contributed by atoms with E-state index in [0.717, 1.165) is 19.4 Å². The molecular formula is C15H28N2O4. The van der Waals surface area contributed by atoms with Gasteiger partial charge in [-0.1, -0.05) is 20.8 Å². The van der Waals surface area contributed by atoms with Crippen molar-refractivity contribution >= 4 is 12.0 Å². The van der Waals surface area contributed by atoms with Crippen LogP contribution < -0.4 is 5.32 Å². The van der Waals surface area contributed by atoms with Gasteiger partial charge >= 0.3 is 12.0 Å². The minimum atomic E-state index is -0.890. The number of carboxylic acids is 1. The molecule has 3 unspecified atom stereocenters. The monoisotopic (exact) mass is 300 g/mol. The van der Waals surface area contributed by atoms with Gasteiger partial charge in [0.1, 0.15) is 0 Å². The summed E-state index contributed by atoms with van der Waals surface area (Å²) in [5.41, 5.74) is 0. The molecule has 1 fully saturated rings. The van der Waals surface area contributed by atoms with E-state index in [1.54, 1.807) is 14.0 Å². The predicted molar refractivity (Wildman–Crippen MR) is 80.1 cm³/mol. The van der Waals surface area contributed by atoms with Crippen molar-refractivity contribution in [1.82, 2.24) is 10.2 Å². The molecule has 1 heterocycles. The first kappa shape index (κ1) is 17.8. The van der Waals surface area contributed by atoms with Gasteiger partial charge in [-0.05, 0) is 24.7 Å². The summed E-state index contributed by atoms with van der Waals surface area (Å²) in [6, 6.07) is -0.212. The van der Waals surface area contributed by atoms with Crippen LogP contribution in [0.5, 0.6) is 0 Å². The van der Waals surface area contributed by atoms with Crippen LogP contribution >= 0.6 is 0 Å². The highest BCUT2D eigenvalue weighted by molar-refractivity contribution is 5.75. The zero-order valence-corrected chi connectivity index (χ0v) is 13.5. The maximum Gasteiger partial charge on any atom is 0.317 e. The Kier molecular flexibility index (Phi) is 6.95. The first-order valence-corrected chi connectivity index (χ1v) is 7.64. The number of urea groups is 1. The van der Waals surface area contributed by atoms with Gasteiger partial charge in [0.25, 0.3) is 0 Å². The maximum absolute atomic E-state index is 11.9. The molecule has 122 valence electrons. The average Bonchev–Trinajstić information content (AvgIpc) is 2.44. The summed E-state index contributed by atoms with van der Waals surface area (Å²) < 4.78 is 5.71. The van der Waals surface area contributed by atoms with E-state index in [9.17, 15) is 9.59 Å². The SMILES string of the molecule is CC(CN(C)C(=O)NCC1CCOC(C(C)C)C1)C(=O)O. The van der Waals surface area contributed by atoms with Crippen LogP contribution in [-0.2, 0) is 9.53 Å². The molecule has 0 bridgehead atoms. The molecule has 0 aromatic heterocycles. The zero-order valence-electron chi connectivity index (χ0n) is 13.5. The summed E-state index contributed by atoms with van der Waals surface area (Å²) in [6.45, 7) is 7.47. The van der Waals surface area contributed by atoms with Gasteiger partial charge in [-0.3, -0.25) is 4.79 Å².